The van der Waals surface area contributed by atoms with E-state index < -0.39 is 17.7 Å². The summed E-state index contributed by atoms with van der Waals surface area (Å²) >= 11 is 0. The minimum absolute atomic E-state index is 0.385. The van der Waals surface area contributed by atoms with Crippen LogP contribution in [0.15, 0.2) is 0 Å². The van der Waals surface area contributed by atoms with Gasteiger partial charge in [-0.25, -0.2) is 4.79 Å². The van der Waals surface area contributed by atoms with E-state index in [1.807, 2.05) is 0 Å². The molecule has 0 aromatic heterocycles. The Bertz CT molecular complexity index is 203. The van der Waals surface area contributed by atoms with Crippen LogP contribution in [-0.2, 0) is 24.6 Å². The van der Waals surface area contributed by atoms with Crippen molar-refractivity contribution in [2.75, 3.05) is 0 Å². The zero-order valence-corrected chi connectivity index (χ0v) is 6.89. The summed E-state index contributed by atoms with van der Waals surface area (Å²) in [5.74, 6) is -1.07. The largest absolute Gasteiger partial charge is 0.479 e. The van der Waals surface area contributed by atoms with Crippen molar-refractivity contribution in [3.63, 3.8) is 0 Å². The number of rotatable bonds is 1. The van der Waals surface area contributed by atoms with Crippen LogP contribution >= 0.6 is 0 Å². The maximum absolute atomic E-state index is 11.0. The highest BCUT2D eigenvalue weighted by Crippen LogP contribution is 2.37. The summed E-state index contributed by atoms with van der Waals surface area (Å²) in [5.41, 5.74) is -1.38. The van der Waals surface area contributed by atoms with Crippen LogP contribution in [0, 0.1) is 0 Å². The van der Waals surface area contributed by atoms with Crippen LogP contribution in [-0.4, -0.2) is 22.8 Å². The fourth-order valence-corrected chi connectivity index (χ4v) is 1.75. The number of hydrogen-bond acceptors (Lipinski definition) is 5. The third-order valence-corrected chi connectivity index (χ3v) is 2.51. The average Bonchev–Trinajstić information content (AvgIpc) is 2.17. The van der Waals surface area contributed by atoms with E-state index in [1.54, 1.807) is 0 Å². The first-order valence-corrected chi connectivity index (χ1v) is 4.17. The molecule has 0 aromatic rings. The molecule has 0 spiro atoms. The SMILES string of the molecule is O=C(O)C12CCCCC1OOOO2. The van der Waals surface area contributed by atoms with Gasteiger partial charge in [0.05, 0.1) is 0 Å². The lowest BCUT2D eigenvalue weighted by molar-refractivity contribution is -0.700. The highest BCUT2D eigenvalue weighted by molar-refractivity contribution is 5.78. The molecule has 74 valence electrons. The normalized spacial score (nSPS) is 39.5. The molecule has 0 radical (unpaired) electrons. The van der Waals surface area contributed by atoms with Crippen molar-refractivity contribution in [1.29, 1.82) is 0 Å². The quantitative estimate of drug-likeness (QED) is 0.609. The Morgan fingerprint density at radius 3 is 2.92 bits per heavy atom. The van der Waals surface area contributed by atoms with Gasteiger partial charge in [0.25, 0.3) is 0 Å². The molecule has 1 saturated carbocycles. The Labute approximate surface area is 74.1 Å². The third kappa shape index (κ3) is 1.31. The predicted molar refractivity (Wildman–Crippen MR) is 37.0 cm³/mol. The van der Waals surface area contributed by atoms with Crippen molar-refractivity contribution < 1.29 is 29.8 Å². The van der Waals surface area contributed by atoms with Crippen LogP contribution in [0.2, 0.25) is 0 Å². The fourth-order valence-electron chi connectivity index (χ4n) is 1.75. The molecule has 13 heavy (non-hydrogen) atoms. The lowest BCUT2D eigenvalue weighted by Gasteiger charge is -2.39. The number of carbonyl (C=O) groups is 1. The van der Waals surface area contributed by atoms with Gasteiger partial charge in [-0.2, -0.15) is 9.78 Å². The zero-order valence-electron chi connectivity index (χ0n) is 6.89. The van der Waals surface area contributed by atoms with Gasteiger partial charge >= 0.3 is 5.97 Å². The first kappa shape index (κ1) is 8.89. The van der Waals surface area contributed by atoms with Gasteiger partial charge in [-0.05, 0) is 29.3 Å². The molecule has 2 unspecified atom stereocenters. The van der Waals surface area contributed by atoms with Crippen LogP contribution < -0.4 is 0 Å². The van der Waals surface area contributed by atoms with Crippen molar-refractivity contribution in [3.05, 3.63) is 0 Å². The van der Waals surface area contributed by atoms with Crippen molar-refractivity contribution in [2.24, 2.45) is 0 Å². The van der Waals surface area contributed by atoms with Crippen molar-refractivity contribution in [3.8, 4) is 0 Å². The standard InChI is InChI=1S/C7H10O6/c8-6(9)7-4-2-1-3-5(7)10-12-13-11-7/h5H,1-4H2,(H,8,9). The van der Waals surface area contributed by atoms with E-state index in [0.717, 1.165) is 12.8 Å². The Morgan fingerprint density at radius 1 is 1.38 bits per heavy atom. The number of hydrogen-bond donors (Lipinski definition) is 1. The number of carboxylic acids is 1. The molecule has 1 aliphatic heterocycles. The lowest BCUT2D eigenvalue weighted by Crippen LogP contribution is -2.57. The molecule has 6 heteroatoms. The minimum Gasteiger partial charge on any atom is -0.479 e. The maximum atomic E-state index is 11.0. The lowest BCUT2D eigenvalue weighted by atomic mass is 9.82. The van der Waals surface area contributed by atoms with Gasteiger partial charge in [0.2, 0.25) is 5.60 Å². The smallest absolute Gasteiger partial charge is 0.342 e. The second kappa shape index (κ2) is 3.22. The van der Waals surface area contributed by atoms with Crippen molar-refractivity contribution in [2.45, 2.75) is 37.4 Å². The molecule has 1 aliphatic carbocycles. The van der Waals surface area contributed by atoms with E-state index in [2.05, 4.69) is 15.0 Å². The summed E-state index contributed by atoms with van der Waals surface area (Å²) in [7, 11) is 0. The fraction of sp³-hybridized carbons (Fsp3) is 0.857. The summed E-state index contributed by atoms with van der Waals surface area (Å²) in [6.45, 7) is 0. The molecular formula is C7H10O6. The average molecular weight is 190 g/mol. The Hall–Kier alpha value is -0.690. The summed E-state index contributed by atoms with van der Waals surface area (Å²) in [4.78, 5) is 20.4. The number of aliphatic carboxylic acids is 1. The molecule has 0 aromatic carbocycles. The number of carboxylic acid groups (broad SMARTS) is 1. The molecule has 6 nitrogen and oxygen atoms in total. The van der Waals surface area contributed by atoms with E-state index in [0.29, 0.717) is 12.8 Å². The van der Waals surface area contributed by atoms with Gasteiger partial charge in [-0.3, -0.25) is 0 Å². The first-order valence-electron chi connectivity index (χ1n) is 4.17. The predicted octanol–water partition coefficient (Wildman–Crippen LogP) is 0.577. The van der Waals surface area contributed by atoms with E-state index in [-0.39, 0.29) is 0 Å². The van der Waals surface area contributed by atoms with Crippen molar-refractivity contribution in [1.82, 2.24) is 0 Å². The molecule has 1 heterocycles. The van der Waals surface area contributed by atoms with Gasteiger partial charge in [-0.15, -0.1) is 0 Å². The summed E-state index contributed by atoms with van der Waals surface area (Å²) in [5, 5.41) is 17.2. The molecule has 2 aliphatic rings. The van der Waals surface area contributed by atoms with E-state index in [9.17, 15) is 4.79 Å². The van der Waals surface area contributed by atoms with Crippen LogP contribution in [0.1, 0.15) is 25.7 Å². The second-order valence-corrected chi connectivity index (χ2v) is 3.24. The summed E-state index contributed by atoms with van der Waals surface area (Å²) in [6, 6.07) is 0. The highest BCUT2D eigenvalue weighted by Gasteiger charge is 2.54. The van der Waals surface area contributed by atoms with Crippen LogP contribution in [0.5, 0.6) is 0 Å². The molecule has 2 atom stereocenters. The molecule has 0 bridgehead atoms. The van der Waals surface area contributed by atoms with E-state index in [4.69, 9.17) is 9.99 Å². The second-order valence-electron chi connectivity index (χ2n) is 3.24. The number of fused-ring (bicyclic) bond motifs is 1. The molecular weight excluding hydrogens is 180 g/mol. The van der Waals surface area contributed by atoms with Gasteiger partial charge in [0.15, 0.2) is 0 Å². The van der Waals surface area contributed by atoms with Gasteiger partial charge in [0.1, 0.15) is 6.10 Å². The summed E-state index contributed by atoms with van der Waals surface area (Å²) in [6.07, 6.45) is 2.11. The van der Waals surface area contributed by atoms with Crippen LogP contribution in [0.25, 0.3) is 0 Å². The van der Waals surface area contributed by atoms with Crippen LogP contribution in [0.4, 0.5) is 0 Å². The van der Waals surface area contributed by atoms with Gasteiger partial charge in [-0.1, -0.05) is 6.42 Å². The zero-order chi connectivity index (χ0) is 9.31. The minimum atomic E-state index is -1.38. The van der Waals surface area contributed by atoms with Crippen LogP contribution in [0.3, 0.4) is 0 Å². The van der Waals surface area contributed by atoms with Gasteiger partial charge in [0, 0.05) is 0 Å². The Kier molecular flexibility index (Phi) is 2.20. The highest BCUT2D eigenvalue weighted by atomic mass is 17.7. The monoisotopic (exact) mass is 190 g/mol. The van der Waals surface area contributed by atoms with Crippen molar-refractivity contribution >= 4 is 5.97 Å². The molecule has 2 fully saturated rings. The Morgan fingerprint density at radius 2 is 2.23 bits per heavy atom. The van der Waals surface area contributed by atoms with E-state index >= 15 is 0 Å². The Balaban J connectivity index is 2.21. The van der Waals surface area contributed by atoms with E-state index in [1.165, 1.54) is 0 Å². The molecule has 0 amide bonds. The molecule has 2 rings (SSSR count). The molecule has 1 N–H and O–H groups in total. The maximum Gasteiger partial charge on any atom is 0.342 e. The summed E-state index contributed by atoms with van der Waals surface area (Å²) < 4.78 is 0. The molecule has 1 saturated heterocycles. The third-order valence-electron chi connectivity index (χ3n) is 2.51. The topological polar surface area (TPSA) is 74.2 Å². The van der Waals surface area contributed by atoms with Gasteiger partial charge < -0.3 is 5.11 Å². The first-order chi connectivity index (χ1) is 6.26.